The Bertz CT molecular complexity index is 468. The second kappa shape index (κ2) is 6.11. The van der Waals surface area contributed by atoms with Crippen molar-refractivity contribution in [2.45, 2.75) is 11.5 Å². The van der Waals surface area contributed by atoms with Gasteiger partial charge in [-0.3, -0.25) is 0 Å². The summed E-state index contributed by atoms with van der Waals surface area (Å²) in [6.07, 6.45) is 0. The highest BCUT2D eigenvalue weighted by atomic mass is 32.2. The average molecular weight is 245 g/mol. The number of rotatable bonds is 3. The zero-order chi connectivity index (χ0) is 11.9. The van der Waals surface area contributed by atoms with Crippen LogP contribution in [-0.2, 0) is 11.3 Å². The van der Waals surface area contributed by atoms with Crippen molar-refractivity contribution >= 4 is 17.1 Å². The maximum absolute atomic E-state index is 11.5. The molecule has 0 aliphatic heterocycles. The highest BCUT2D eigenvalue weighted by molar-refractivity contribution is 8.13. The molecule has 2 nitrogen and oxygen atoms in total. The summed E-state index contributed by atoms with van der Waals surface area (Å²) in [5, 5.41) is -0.278. The third-order valence-corrected chi connectivity index (χ3v) is 2.94. The third kappa shape index (κ3) is 3.96. The van der Waals surface area contributed by atoms with Gasteiger partial charge in [0.1, 0.15) is 6.61 Å². The SMILES string of the molecule is O=[13C](OCc1ccccc1)Sc1ccccc1. The van der Waals surface area contributed by atoms with Crippen LogP contribution in [0.5, 0.6) is 0 Å². The van der Waals surface area contributed by atoms with Crippen molar-refractivity contribution in [2.75, 3.05) is 0 Å². The first kappa shape index (κ1) is 11.7. The van der Waals surface area contributed by atoms with Crippen molar-refractivity contribution < 1.29 is 9.53 Å². The smallest absolute Gasteiger partial charge is 0.372 e. The molecular formula is C14H12O2S. The van der Waals surface area contributed by atoms with E-state index >= 15 is 0 Å². The minimum Gasteiger partial charge on any atom is -0.452 e. The molecule has 0 saturated carbocycles. The van der Waals surface area contributed by atoms with Crippen molar-refractivity contribution in [1.82, 2.24) is 0 Å². The van der Waals surface area contributed by atoms with E-state index in [-0.39, 0.29) is 5.30 Å². The van der Waals surface area contributed by atoms with E-state index in [9.17, 15) is 4.79 Å². The number of carbonyl (C=O) groups is 1. The molecule has 0 aliphatic carbocycles. The monoisotopic (exact) mass is 245 g/mol. The highest BCUT2D eigenvalue weighted by Gasteiger charge is 2.05. The van der Waals surface area contributed by atoms with Crippen molar-refractivity contribution in [3.05, 3.63) is 66.2 Å². The summed E-state index contributed by atoms with van der Waals surface area (Å²) >= 11 is 1.10. The van der Waals surface area contributed by atoms with Gasteiger partial charge in [-0.1, -0.05) is 48.5 Å². The van der Waals surface area contributed by atoms with Gasteiger partial charge in [-0.05, 0) is 29.5 Å². The predicted molar refractivity (Wildman–Crippen MR) is 68.9 cm³/mol. The molecule has 0 bridgehead atoms. The van der Waals surface area contributed by atoms with Gasteiger partial charge in [0.15, 0.2) is 0 Å². The number of hydrogen-bond acceptors (Lipinski definition) is 3. The molecule has 0 saturated heterocycles. The molecule has 0 aliphatic rings. The number of thioether (sulfide) groups is 1. The fourth-order valence-electron chi connectivity index (χ4n) is 1.33. The van der Waals surface area contributed by atoms with Crippen LogP contribution in [0.2, 0.25) is 0 Å². The van der Waals surface area contributed by atoms with Crippen LogP contribution in [0, 0.1) is 0 Å². The topological polar surface area (TPSA) is 26.3 Å². The maximum atomic E-state index is 11.5. The van der Waals surface area contributed by atoms with Crippen molar-refractivity contribution in [3.8, 4) is 0 Å². The first-order valence-corrected chi connectivity index (χ1v) is 6.10. The summed E-state index contributed by atoms with van der Waals surface area (Å²) in [6.45, 7) is 0.319. The van der Waals surface area contributed by atoms with Crippen molar-refractivity contribution in [2.24, 2.45) is 0 Å². The average Bonchev–Trinajstić information content (AvgIpc) is 2.39. The first-order chi connectivity index (χ1) is 8.34. The van der Waals surface area contributed by atoms with E-state index in [2.05, 4.69) is 0 Å². The summed E-state index contributed by atoms with van der Waals surface area (Å²) in [6, 6.07) is 19.1. The Labute approximate surface area is 105 Å². The Balaban J connectivity index is 1.83. The fourth-order valence-corrected chi connectivity index (χ4v) is 1.93. The number of ether oxygens (including phenoxy) is 1. The van der Waals surface area contributed by atoms with E-state index in [1.54, 1.807) is 0 Å². The van der Waals surface area contributed by atoms with Crippen LogP contribution in [0.25, 0.3) is 0 Å². The van der Waals surface area contributed by atoms with Gasteiger partial charge in [-0.2, -0.15) is 0 Å². The van der Waals surface area contributed by atoms with Crippen molar-refractivity contribution in [3.63, 3.8) is 0 Å². The number of hydrogen-bond donors (Lipinski definition) is 0. The molecule has 0 radical (unpaired) electrons. The zero-order valence-corrected chi connectivity index (χ0v) is 10.0. The van der Waals surface area contributed by atoms with E-state index in [0.717, 1.165) is 22.2 Å². The van der Waals surface area contributed by atoms with Gasteiger partial charge in [-0.15, -0.1) is 0 Å². The first-order valence-electron chi connectivity index (χ1n) is 5.28. The normalized spacial score (nSPS) is 9.88. The molecule has 2 aromatic carbocycles. The lowest BCUT2D eigenvalue weighted by atomic mass is 10.2. The van der Waals surface area contributed by atoms with Gasteiger partial charge < -0.3 is 4.74 Å². The molecule has 0 atom stereocenters. The van der Waals surface area contributed by atoms with Crippen LogP contribution in [-0.4, -0.2) is 5.30 Å². The van der Waals surface area contributed by atoms with E-state index in [1.807, 2.05) is 60.7 Å². The quantitative estimate of drug-likeness (QED) is 0.462. The molecule has 0 N–H and O–H groups in total. The zero-order valence-electron chi connectivity index (χ0n) is 9.21. The van der Waals surface area contributed by atoms with E-state index < -0.39 is 0 Å². The second-order valence-corrected chi connectivity index (χ2v) is 4.45. The number of benzene rings is 2. The van der Waals surface area contributed by atoms with Gasteiger partial charge in [0.05, 0.1) is 0 Å². The lowest BCUT2D eigenvalue weighted by Gasteiger charge is -2.03. The summed E-state index contributed by atoms with van der Waals surface area (Å²) in [5.41, 5.74) is 0.995. The Hall–Kier alpha value is -1.74. The van der Waals surface area contributed by atoms with Crippen molar-refractivity contribution in [1.29, 1.82) is 0 Å². The molecule has 86 valence electrons. The summed E-state index contributed by atoms with van der Waals surface area (Å²) in [5.74, 6) is 0. The van der Waals surface area contributed by atoms with Gasteiger partial charge >= 0.3 is 5.30 Å². The standard InChI is InChI=1S/C14H12O2S/c15-14(17-13-9-5-2-6-10-13)16-11-12-7-3-1-4-8-12/h1-10H,11H2/i14+1. The van der Waals surface area contributed by atoms with E-state index in [4.69, 9.17) is 4.74 Å². The van der Waals surface area contributed by atoms with Gasteiger partial charge in [0.25, 0.3) is 0 Å². The summed E-state index contributed by atoms with van der Waals surface area (Å²) in [7, 11) is 0. The molecule has 0 spiro atoms. The van der Waals surface area contributed by atoms with E-state index in [0.29, 0.717) is 6.61 Å². The fraction of sp³-hybridized carbons (Fsp3) is 0.0714. The largest absolute Gasteiger partial charge is 0.452 e. The molecule has 2 rings (SSSR count). The van der Waals surface area contributed by atoms with Crippen LogP contribution in [0.3, 0.4) is 0 Å². The second-order valence-electron chi connectivity index (χ2n) is 3.44. The lowest BCUT2D eigenvalue weighted by molar-refractivity contribution is 0.168. The summed E-state index contributed by atoms with van der Waals surface area (Å²) in [4.78, 5) is 12.4. The number of carbonyl (C=O) groups excluding carboxylic acids is 1. The lowest BCUT2D eigenvalue weighted by Crippen LogP contribution is -1.97. The van der Waals surface area contributed by atoms with Crippen LogP contribution < -0.4 is 0 Å². The van der Waals surface area contributed by atoms with Gasteiger partial charge in [-0.25, -0.2) is 4.79 Å². The van der Waals surface area contributed by atoms with E-state index in [1.165, 1.54) is 0 Å². The van der Waals surface area contributed by atoms with Gasteiger partial charge in [0.2, 0.25) is 0 Å². The van der Waals surface area contributed by atoms with Gasteiger partial charge in [0, 0.05) is 4.90 Å². The molecule has 2 aromatic rings. The Morgan fingerprint density at radius 1 is 0.941 bits per heavy atom. The third-order valence-electron chi connectivity index (χ3n) is 2.14. The van der Waals surface area contributed by atoms with Crippen LogP contribution in [0.1, 0.15) is 5.56 Å². The predicted octanol–water partition coefficient (Wildman–Crippen LogP) is 4.12. The van der Waals surface area contributed by atoms with Crippen LogP contribution in [0.4, 0.5) is 4.79 Å². The minimum absolute atomic E-state index is 0.278. The summed E-state index contributed by atoms with van der Waals surface area (Å²) < 4.78 is 5.16. The molecule has 3 heteroatoms. The molecular weight excluding hydrogens is 233 g/mol. The highest BCUT2D eigenvalue weighted by Crippen LogP contribution is 2.20. The Morgan fingerprint density at radius 3 is 2.18 bits per heavy atom. The maximum Gasteiger partial charge on any atom is 0.372 e. The molecule has 17 heavy (non-hydrogen) atoms. The molecule has 0 amide bonds. The Morgan fingerprint density at radius 2 is 1.53 bits per heavy atom. The molecule has 0 fully saturated rings. The molecule has 0 aromatic heterocycles. The minimum atomic E-state index is -0.278. The molecule has 0 heterocycles. The Kier molecular flexibility index (Phi) is 4.22. The van der Waals surface area contributed by atoms with Crippen LogP contribution in [0.15, 0.2) is 65.6 Å². The van der Waals surface area contributed by atoms with Crippen LogP contribution >= 0.6 is 11.8 Å². The molecule has 0 unspecified atom stereocenters.